The van der Waals surface area contributed by atoms with Crippen LogP contribution in [0.3, 0.4) is 0 Å². The average Bonchev–Trinajstić information content (AvgIpc) is 3.27. The van der Waals surface area contributed by atoms with Gasteiger partial charge in [-0.2, -0.15) is 0 Å². The number of likely N-dealkylation sites (tertiary alicyclic amines) is 1. The van der Waals surface area contributed by atoms with Gasteiger partial charge >= 0.3 is 0 Å². The number of halogens is 3. The predicted molar refractivity (Wildman–Crippen MR) is 151 cm³/mol. The van der Waals surface area contributed by atoms with Crippen LogP contribution >= 0.6 is 23.2 Å². The van der Waals surface area contributed by atoms with E-state index >= 15 is 4.39 Å². The standard InChI is InChI=1S/C29H32Cl2FN5O3/c30-21-2-1-3-23(27(21)31)36-12-10-35(11-13-36)20-6-8-34(9-7-20)16-18-14-19-17-37(29(40)26(19)22(32)15-18)24-4-5-25(38)33-28(24)39/h1-3,14-15,20,24H,4-13,16-17H2,(H,33,38,39). The van der Waals surface area contributed by atoms with Gasteiger partial charge in [0.05, 0.1) is 21.3 Å². The molecule has 4 aliphatic rings. The molecule has 0 aliphatic carbocycles. The van der Waals surface area contributed by atoms with Crippen molar-refractivity contribution in [3.8, 4) is 0 Å². The zero-order chi connectivity index (χ0) is 28.0. The van der Waals surface area contributed by atoms with E-state index in [1.54, 1.807) is 0 Å². The number of nitrogens with zero attached hydrogens (tertiary/aromatic N) is 4. The van der Waals surface area contributed by atoms with Crippen LogP contribution in [-0.4, -0.2) is 83.8 Å². The lowest BCUT2D eigenvalue weighted by atomic mass is 10.0. The number of anilines is 1. The molecule has 40 heavy (non-hydrogen) atoms. The topological polar surface area (TPSA) is 76.2 Å². The summed E-state index contributed by atoms with van der Waals surface area (Å²) in [7, 11) is 0. The maximum absolute atomic E-state index is 15.1. The maximum atomic E-state index is 15.1. The van der Waals surface area contributed by atoms with Crippen LogP contribution in [0.25, 0.3) is 0 Å². The molecule has 3 saturated heterocycles. The highest BCUT2D eigenvalue weighted by atomic mass is 35.5. The summed E-state index contributed by atoms with van der Waals surface area (Å²) in [6.07, 6.45) is 2.53. The van der Waals surface area contributed by atoms with E-state index in [0.717, 1.165) is 63.4 Å². The molecule has 0 aromatic heterocycles. The van der Waals surface area contributed by atoms with Crippen LogP contribution in [0.1, 0.15) is 47.2 Å². The molecule has 0 radical (unpaired) electrons. The molecule has 0 saturated carbocycles. The minimum absolute atomic E-state index is 0.0466. The number of benzene rings is 2. The van der Waals surface area contributed by atoms with Gasteiger partial charge in [-0.05, 0) is 61.7 Å². The first-order chi connectivity index (χ1) is 19.3. The van der Waals surface area contributed by atoms with Crippen LogP contribution < -0.4 is 10.2 Å². The molecular formula is C29H32Cl2FN5O3. The number of carbonyl (C=O) groups excluding carboxylic acids is 3. The second kappa shape index (κ2) is 11.3. The monoisotopic (exact) mass is 587 g/mol. The first kappa shape index (κ1) is 27.4. The fourth-order valence-corrected chi connectivity index (χ4v) is 6.99. The lowest BCUT2D eigenvalue weighted by Gasteiger charge is -2.43. The molecule has 2 aromatic carbocycles. The first-order valence-corrected chi connectivity index (χ1v) is 14.7. The summed E-state index contributed by atoms with van der Waals surface area (Å²) < 4.78 is 15.1. The van der Waals surface area contributed by atoms with Crippen molar-refractivity contribution in [1.82, 2.24) is 20.0 Å². The van der Waals surface area contributed by atoms with Gasteiger partial charge in [-0.1, -0.05) is 35.3 Å². The lowest BCUT2D eigenvalue weighted by molar-refractivity contribution is -0.136. The number of carbonyl (C=O) groups is 3. The number of hydrogen-bond acceptors (Lipinski definition) is 6. The van der Waals surface area contributed by atoms with Crippen LogP contribution in [0, 0.1) is 5.82 Å². The van der Waals surface area contributed by atoms with Crippen molar-refractivity contribution in [2.45, 2.75) is 50.9 Å². The maximum Gasteiger partial charge on any atom is 0.258 e. The van der Waals surface area contributed by atoms with Gasteiger partial charge in [0.2, 0.25) is 11.8 Å². The third-order valence-corrected chi connectivity index (χ3v) is 9.51. The molecule has 1 N–H and O–H groups in total. The number of imide groups is 1. The van der Waals surface area contributed by atoms with Gasteiger partial charge in [-0.3, -0.25) is 29.5 Å². The fourth-order valence-electron chi connectivity index (χ4n) is 6.58. The Morgan fingerprint density at radius 3 is 2.42 bits per heavy atom. The van der Waals surface area contributed by atoms with E-state index < -0.39 is 23.7 Å². The number of fused-ring (bicyclic) bond motifs is 1. The van der Waals surface area contributed by atoms with Crippen molar-refractivity contribution in [2.75, 3.05) is 44.2 Å². The Morgan fingerprint density at radius 1 is 0.950 bits per heavy atom. The molecule has 1 unspecified atom stereocenters. The number of hydrogen-bond donors (Lipinski definition) is 1. The summed E-state index contributed by atoms with van der Waals surface area (Å²) in [5.41, 5.74) is 2.48. The quantitative estimate of drug-likeness (QED) is 0.538. The van der Waals surface area contributed by atoms with Gasteiger partial charge in [0.15, 0.2) is 0 Å². The third kappa shape index (κ3) is 5.32. The normalized spacial score (nSPS) is 23.1. The van der Waals surface area contributed by atoms with Crippen molar-refractivity contribution in [3.63, 3.8) is 0 Å². The van der Waals surface area contributed by atoms with Gasteiger partial charge in [0.25, 0.3) is 5.91 Å². The first-order valence-electron chi connectivity index (χ1n) is 13.9. The van der Waals surface area contributed by atoms with E-state index in [4.69, 9.17) is 23.2 Å². The van der Waals surface area contributed by atoms with Gasteiger partial charge in [0, 0.05) is 51.7 Å². The molecule has 2 aromatic rings. The van der Waals surface area contributed by atoms with Crippen molar-refractivity contribution < 1.29 is 18.8 Å². The average molecular weight is 589 g/mol. The van der Waals surface area contributed by atoms with Crippen molar-refractivity contribution >= 4 is 46.6 Å². The highest BCUT2D eigenvalue weighted by Gasteiger charge is 2.40. The second-order valence-electron chi connectivity index (χ2n) is 11.1. The Balaban J connectivity index is 1.03. The highest BCUT2D eigenvalue weighted by molar-refractivity contribution is 6.43. The summed E-state index contributed by atoms with van der Waals surface area (Å²) >= 11 is 12.6. The van der Waals surface area contributed by atoms with Gasteiger partial charge < -0.3 is 9.80 Å². The smallest absolute Gasteiger partial charge is 0.258 e. The summed E-state index contributed by atoms with van der Waals surface area (Å²) in [6.45, 7) is 6.40. The van der Waals surface area contributed by atoms with Gasteiger partial charge in [-0.25, -0.2) is 4.39 Å². The molecule has 3 fully saturated rings. The minimum atomic E-state index is -0.746. The van der Waals surface area contributed by atoms with Crippen molar-refractivity contribution in [2.24, 2.45) is 0 Å². The molecule has 0 spiro atoms. The summed E-state index contributed by atoms with van der Waals surface area (Å²) in [5, 5.41) is 3.48. The number of piperidine rings is 2. The van der Waals surface area contributed by atoms with Crippen LogP contribution in [0.4, 0.5) is 10.1 Å². The molecule has 4 aliphatic heterocycles. The highest BCUT2D eigenvalue weighted by Crippen LogP contribution is 2.34. The van der Waals surface area contributed by atoms with Gasteiger partial charge in [-0.15, -0.1) is 0 Å². The Morgan fingerprint density at radius 2 is 1.70 bits per heavy atom. The largest absolute Gasteiger partial charge is 0.368 e. The van der Waals surface area contributed by atoms with Crippen LogP contribution in [0.15, 0.2) is 30.3 Å². The Kier molecular flexibility index (Phi) is 7.74. The Labute approximate surface area is 243 Å². The Hall–Kier alpha value is -2.72. The second-order valence-corrected chi connectivity index (χ2v) is 11.9. The zero-order valence-corrected chi connectivity index (χ0v) is 23.7. The van der Waals surface area contributed by atoms with E-state index in [1.807, 2.05) is 24.3 Å². The molecule has 3 amide bonds. The minimum Gasteiger partial charge on any atom is -0.368 e. The summed E-state index contributed by atoms with van der Waals surface area (Å²) in [5.74, 6) is -1.85. The summed E-state index contributed by atoms with van der Waals surface area (Å²) in [6, 6.07) is 8.89. The van der Waals surface area contributed by atoms with E-state index in [0.29, 0.717) is 28.2 Å². The number of piperazine rings is 1. The molecule has 11 heteroatoms. The molecule has 212 valence electrons. The molecule has 8 nitrogen and oxygen atoms in total. The third-order valence-electron chi connectivity index (χ3n) is 8.70. The summed E-state index contributed by atoms with van der Waals surface area (Å²) in [4.78, 5) is 45.4. The molecular weight excluding hydrogens is 556 g/mol. The number of nitrogens with one attached hydrogen (secondary N) is 1. The van der Waals surface area contributed by atoms with E-state index in [2.05, 4.69) is 20.0 Å². The zero-order valence-electron chi connectivity index (χ0n) is 22.2. The molecule has 1 atom stereocenters. The van der Waals surface area contributed by atoms with Crippen molar-refractivity contribution in [1.29, 1.82) is 0 Å². The number of rotatable bonds is 5. The number of amides is 3. The van der Waals surface area contributed by atoms with E-state index in [9.17, 15) is 14.4 Å². The molecule has 4 heterocycles. The van der Waals surface area contributed by atoms with Crippen LogP contribution in [-0.2, 0) is 22.7 Å². The van der Waals surface area contributed by atoms with E-state index in [1.165, 1.54) is 11.0 Å². The molecule has 0 bridgehead atoms. The fraction of sp³-hybridized carbons (Fsp3) is 0.483. The SMILES string of the molecule is O=C1CCC(N2Cc3cc(CN4CCC(N5CCN(c6cccc(Cl)c6Cl)CC5)CC4)cc(F)c3C2=O)C(=O)N1. The predicted octanol–water partition coefficient (Wildman–Crippen LogP) is 3.68. The van der Waals surface area contributed by atoms with E-state index in [-0.39, 0.29) is 30.9 Å². The Bertz CT molecular complexity index is 1340. The molecule has 6 rings (SSSR count). The lowest BCUT2D eigenvalue weighted by Crippen LogP contribution is -2.53. The van der Waals surface area contributed by atoms with Crippen LogP contribution in [0.2, 0.25) is 10.0 Å². The van der Waals surface area contributed by atoms with Gasteiger partial charge in [0.1, 0.15) is 11.9 Å². The van der Waals surface area contributed by atoms with Crippen LogP contribution in [0.5, 0.6) is 0 Å². The van der Waals surface area contributed by atoms with Crippen molar-refractivity contribution in [3.05, 3.63) is 62.9 Å².